The molecule has 0 bridgehead atoms. The summed E-state index contributed by atoms with van der Waals surface area (Å²) < 4.78 is 11.1. The number of rotatable bonds is 1. The first-order valence-electron chi connectivity index (χ1n) is 3.27. The van der Waals surface area contributed by atoms with E-state index in [1.807, 2.05) is 6.07 Å². The molecule has 1 aromatic rings. The Morgan fingerprint density at radius 2 is 2.20 bits per heavy atom. The summed E-state index contributed by atoms with van der Waals surface area (Å²) in [7, 11) is 0. The second kappa shape index (κ2) is 2.87. The van der Waals surface area contributed by atoms with Crippen LogP contribution in [0.5, 0.6) is 5.75 Å². The molecule has 0 heterocycles. The summed E-state index contributed by atoms with van der Waals surface area (Å²) in [5.74, 6) is 0.428. The van der Waals surface area contributed by atoms with Crippen molar-refractivity contribution in [2.45, 2.75) is 0 Å². The maximum Gasteiger partial charge on any atom is 0.409 e. The number of primary amides is 1. The Morgan fingerprint density at radius 1 is 1.50 bits per heavy atom. The van der Waals surface area contributed by atoms with Crippen molar-refractivity contribution in [1.29, 1.82) is 0 Å². The maximum atomic E-state index is 10.5. The lowest BCUT2D eigenvalue weighted by molar-refractivity contribution is 0.211. The molecule has 0 atom stereocenters. The molecular formula is C7H7NO2. The molecule has 3 nitrogen and oxygen atoms in total. The third-order valence-electron chi connectivity index (χ3n) is 0.954. The summed E-state index contributed by atoms with van der Waals surface area (Å²) >= 11 is 0. The molecule has 0 aliphatic rings. The highest BCUT2D eigenvalue weighted by Gasteiger charge is 1.93. The highest BCUT2D eigenvalue weighted by molar-refractivity contribution is 5.67. The van der Waals surface area contributed by atoms with Crippen molar-refractivity contribution < 1.29 is 10.9 Å². The van der Waals surface area contributed by atoms with E-state index in [1.165, 1.54) is 0 Å². The van der Waals surface area contributed by atoms with Crippen LogP contribution >= 0.6 is 0 Å². The van der Waals surface area contributed by atoms with Gasteiger partial charge in [-0.05, 0) is 12.1 Å². The highest BCUT2D eigenvalue weighted by Crippen LogP contribution is 2.07. The highest BCUT2D eigenvalue weighted by atomic mass is 16.5. The van der Waals surface area contributed by atoms with Gasteiger partial charge in [-0.25, -0.2) is 4.79 Å². The predicted molar refractivity (Wildman–Crippen MR) is 36.7 cm³/mol. The monoisotopic (exact) mass is 138 g/mol. The van der Waals surface area contributed by atoms with Gasteiger partial charge >= 0.3 is 6.09 Å². The second-order valence-electron chi connectivity index (χ2n) is 1.70. The van der Waals surface area contributed by atoms with Crippen LogP contribution in [0.2, 0.25) is 1.41 Å². The van der Waals surface area contributed by atoms with E-state index in [1.54, 1.807) is 30.0 Å². The molecule has 0 radical (unpaired) electrons. The SMILES string of the molecule is [2H]NC(=O)Oc1ccccc1. The number of carbonyl (C=O) groups excluding carboxylic acids is 1. The smallest absolute Gasteiger partial charge is 0.409 e. The van der Waals surface area contributed by atoms with E-state index in [2.05, 4.69) is 4.74 Å². The van der Waals surface area contributed by atoms with E-state index in [9.17, 15) is 4.79 Å². The van der Waals surface area contributed by atoms with Crippen LogP contribution in [-0.2, 0) is 0 Å². The summed E-state index contributed by atoms with van der Waals surface area (Å²) in [6.45, 7) is 0. The second-order valence-corrected chi connectivity index (χ2v) is 1.70. The molecular weight excluding hydrogens is 130 g/mol. The number of ether oxygens (including phenoxy) is 1. The third kappa shape index (κ3) is 1.78. The Morgan fingerprint density at radius 3 is 2.80 bits per heavy atom. The fraction of sp³-hybridized carbons (Fsp3) is 0. The molecule has 1 rings (SSSR count). The Kier molecular flexibility index (Phi) is 1.52. The molecule has 2 N–H and O–H groups in total. The minimum absolute atomic E-state index is 0.428. The van der Waals surface area contributed by atoms with Crippen LogP contribution in [0.4, 0.5) is 4.79 Å². The van der Waals surface area contributed by atoms with Crippen molar-refractivity contribution in [2.24, 2.45) is 5.73 Å². The van der Waals surface area contributed by atoms with Crippen molar-refractivity contribution in [3.05, 3.63) is 30.3 Å². The molecule has 10 heavy (non-hydrogen) atoms. The van der Waals surface area contributed by atoms with Gasteiger partial charge < -0.3 is 10.5 Å². The summed E-state index contributed by atoms with van der Waals surface area (Å²) in [5, 5.41) is 0. The Balaban J connectivity index is 2.58. The summed E-state index contributed by atoms with van der Waals surface area (Å²) in [5.41, 5.74) is 1.60. The van der Waals surface area contributed by atoms with Crippen LogP contribution in [0.15, 0.2) is 30.3 Å². The maximum absolute atomic E-state index is 10.5. The predicted octanol–water partition coefficient (Wildman–Crippen LogP) is 1.14. The van der Waals surface area contributed by atoms with E-state index in [0.29, 0.717) is 5.75 Å². The lowest BCUT2D eigenvalue weighted by atomic mass is 10.3. The van der Waals surface area contributed by atoms with Gasteiger partial charge in [0.25, 0.3) is 0 Å². The van der Waals surface area contributed by atoms with E-state index in [-0.39, 0.29) is 0 Å². The largest absolute Gasteiger partial charge is 0.411 e. The number of hydrogen-bond acceptors (Lipinski definition) is 2. The molecule has 0 saturated carbocycles. The average molecular weight is 138 g/mol. The molecule has 1 aromatic carbocycles. The van der Waals surface area contributed by atoms with Crippen LogP contribution in [0.25, 0.3) is 0 Å². The number of benzene rings is 1. The topological polar surface area (TPSA) is 52.3 Å². The minimum Gasteiger partial charge on any atom is -0.411 e. The lowest BCUT2D eigenvalue weighted by Crippen LogP contribution is -2.15. The molecule has 0 aliphatic carbocycles. The van der Waals surface area contributed by atoms with Crippen molar-refractivity contribution >= 4 is 6.09 Å². The number of nitrogens with two attached hydrogens (primary N) is 1. The Hall–Kier alpha value is -1.51. The van der Waals surface area contributed by atoms with Crippen molar-refractivity contribution in [1.82, 2.24) is 0 Å². The zero-order chi connectivity index (χ0) is 8.10. The van der Waals surface area contributed by atoms with Gasteiger partial charge in [-0.1, -0.05) is 18.2 Å². The zero-order valence-corrected chi connectivity index (χ0v) is 5.20. The number of hydrogen-bond donors (Lipinski definition) is 1. The van der Waals surface area contributed by atoms with Gasteiger partial charge in [0.15, 0.2) is 1.41 Å². The molecule has 0 saturated heterocycles. The summed E-state index contributed by atoms with van der Waals surface area (Å²) in [6.07, 6.45) is -0.781. The van der Waals surface area contributed by atoms with Crippen LogP contribution in [0.3, 0.4) is 0 Å². The number of para-hydroxylation sites is 1. The van der Waals surface area contributed by atoms with Gasteiger partial charge in [0, 0.05) is 0 Å². The fourth-order valence-electron chi connectivity index (χ4n) is 0.596. The van der Waals surface area contributed by atoms with Crippen LogP contribution in [-0.4, -0.2) is 6.09 Å². The van der Waals surface area contributed by atoms with Crippen molar-refractivity contribution in [3.63, 3.8) is 0 Å². The Bertz CT molecular complexity index is 237. The molecule has 1 amide bonds. The van der Waals surface area contributed by atoms with Gasteiger partial charge in [0.1, 0.15) is 5.75 Å². The molecule has 0 aromatic heterocycles. The first-order valence-corrected chi connectivity index (χ1v) is 2.77. The van der Waals surface area contributed by atoms with Crippen molar-refractivity contribution in [3.8, 4) is 5.75 Å². The number of carbonyl (C=O) groups is 1. The fourth-order valence-corrected chi connectivity index (χ4v) is 0.596. The Labute approximate surface area is 59.9 Å². The lowest BCUT2D eigenvalue weighted by Gasteiger charge is -1.96. The first-order chi connectivity index (χ1) is 5.33. The normalized spacial score (nSPS) is 9.80. The molecule has 3 heteroatoms. The van der Waals surface area contributed by atoms with Crippen LogP contribution in [0.1, 0.15) is 0 Å². The van der Waals surface area contributed by atoms with E-state index in [0.717, 1.165) is 0 Å². The van der Waals surface area contributed by atoms with Gasteiger partial charge in [-0.3, -0.25) is 0 Å². The molecule has 0 spiro atoms. The molecule has 0 unspecified atom stereocenters. The minimum atomic E-state index is -0.781. The van der Waals surface area contributed by atoms with Gasteiger partial charge in [0.05, 0.1) is 0 Å². The first kappa shape index (κ1) is 5.29. The third-order valence-corrected chi connectivity index (χ3v) is 0.954. The molecule has 52 valence electrons. The van der Waals surface area contributed by atoms with E-state index in [4.69, 9.17) is 1.41 Å². The summed E-state index contributed by atoms with van der Waals surface area (Å²) in [6, 6.07) is 8.56. The number of amides is 1. The quantitative estimate of drug-likeness (QED) is 0.632. The van der Waals surface area contributed by atoms with Crippen LogP contribution < -0.4 is 10.5 Å². The zero-order valence-electron chi connectivity index (χ0n) is 6.20. The van der Waals surface area contributed by atoms with E-state index >= 15 is 0 Å². The van der Waals surface area contributed by atoms with E-state index < -0.39 is 6.09 Å². The van der Waals surface area contributed by atoms with Crippen molar-refractivity contribution in [2.75, 3.05) is 0 Å². The standard InChI is InChI=1S/C7H7NO2/c8-7(9)10-6-4-2-1-3-5-6/h1-5H,(H2,8,9)/i/hD. The van der Waals surface area contributed by atoms with Crippen LogP contribution in [0, 0.1) is 0 Å². The summed E-state index contributed by atoms with van der Waals surface area (Å²) in [4.78, 5) is 10.5. The average Bonchev–Trinajstić information content (AvgIpc) is 2.06. The van der Waals surface area contributed by atoms with Gasteiger partial charge in [0.2, 0.25) is 0 Å². The molecule has 0 fully saturated rings. The van der Waals surface area contributed by atoms with Gasteiger partial charge in [-0.2, -0.15) is 0 Å². The molecule has 0 aliphatic heterocycles. The van der Waals surface area contributed by atoms with Gasteiger partial charge in [-0.15, -0.1) is 0 Å².